The van der Waals surface area contributed by atoms with Crippen LogP contribution in [-0.2, 0) is 12.0 Å². The summed E-state index contributed by atoms with van der Waals surface area (Å²) in [5.41, 5.74) is 6.60. The van der Waals surface area contributed by atoms with Crippen molar-refractivity contribution in [1.82, 2.24) is 14.8 Å². The van der Waals surface area contributed by atoms with Crippen LogP contribution in [0.3, 0.4) is 0 Å². The predicted molar refractivity (Wildman–Crippen MR) is 84.6 cm³/mol. The molecule has 5 nitrogen and oxygen atoms in total. The summed E-state index contributed by atoms with van der Waals surface area (Å²) in [5.74, 6) is 0.136. The van der Waals surface area contributed by atoms with Gasteiger partial charge in [0.05, 0.1) is 17.1 Å². The third kappa shape index (κ3) is 3.56. The SMILES string of the molecule is CN1CCN(Cc2nc(C(C)(C)C)c(C(=N)N)s2)CC1. The van der Waals surface area contributed by atoms with Crippen LogP contribution >= 0.6 is 11.3 Å². The first-order valence-corrected chi connectivity index (χ1v) is 7.84. The molecule has 0 aromatic carbocycles. The Hall–Kier alpha value is -0.980. The largest absolute Gasteiger partial charge is 0.383 e. The van der Waals surface area contributed by atoms with Gasteiger partial charge in [0.2, 0.25) is 0 Å². The molecular weight excluding hydrogens is 270 g/mol. The molecule has 1 aliphatic rings. The highest BCUT2D eigenvalue weighted by atomic mass is 32.1. The van der Waals surface area contributed by atoms with E-state index in [0.29, 0.717) is 0 Å². The van der Waals surface area contributed by atoms with Crippen molar-refractivity contribution in [2.24, 2.45) is 5.73 Å². The Kier molecular flexibility index (Phi) is 4.46. The van der Waals surface area contributed by atoms with Gasteiger partial charge in [0.15, 0.2) is 0 Å². The maximum atomic E-state index is 7.74. The molecule has 0 atom stereocenters. The standard InChI is InChI=1S/C14H25N5S/c1-14(2,3)12-11(13(15)16)20-10(17-12)9-19-7-5-18(4)6-8-19/h5-9H2,1-4H3,(H3,15,16). The summed E-state index contributed by atoms with van der Waals surface area (Å²) in [6.45, 7) is 11.6. The lowest BCUT2D eigenvalue weighted by Gasteiger charge is -2.31. The van der Waals surface area contributed by atoms with Crippen LogP contribution < -0.4 is 5.73 Å². The second-order valence-corrected chi connectivity index (χ2v) is 7.61. The summed E-state index contributed by atoms with van der Waals surface area (Å²) in [6, 6.07) is 0. The van der Waals surface area contributed by atoms with Crippen molar-refractivity contribution in [1.29, 1.82) is 5.41 Å². The summed E-state index contributed by atoms with van der Waals surface area (Å²) in [4.78, 5) is 10.4. The Labute approximate surface area is 125 Å². The molecule has 1 aromatic heterocycles. The Morgan fingerprint density at radius 3 is 2.35 bits per heavy atom. The maximum Gasteiger partial charge on any atom is 0.135 e. The Morgan fingerprint density at radius 2 is 1.90 bits per heavy atom. The van der Waals surface area contributed by atoms with E-state index < -0.39 is 0 Å². The lowest BCUT2D eigenvalue weighted by atomic mass is 9.91. The van der Waals surface area contributed by atoms with Crippen molar-refractivity contribution < 1.29 is 0 Å². The number of likely N-dealkylation sites (N-methyl/N-ethyl adjacent to an activating group) is 1. The van der Waals surface area contributed by atoms with E-state index >= 15 is 0 Å². The van der Waals surface area contributed by atoms with Crippen LogP contribution in [-0.4, -0.2) is 53.8 Å². The highest BCUT2D eigenvalue weighted by Gasteiger charge is 2.25. The van der Waals surface area contributed by atoms with E-state index in [0.717, 1.165) is 48.3 Å². The fraction of sp³-hybridized carbons (Fsp3) is 0.714. The van der Waals surface area contributed by atoms with Crippen molar-refractivity contribution in [3.8, 4) is 0 Å². The first-order valence-electron chi connectivity index (χ1n) is 7.03. The van der Waals surface area contributed by atoms with E-state index in [1.165, 1.54) is 0 Å². The van der Waals surface area contributed by atoms with Crippen LogP contribution in [0.25, 0.3) is 0 Å². The number of thiazole rings is 1. The van der Waals surface area contributed by atoms with Gasteiger partial charge in [-0.25, -0.2) is 4.98 Å². The molecule has 0 unspecified atom stereocenters. The van der Waals surface area contributed by atoms with E-state index in [1.54, 1.807) is 11.3 Å². The minimum Gasteiger partial charge on any atom is -0.383 e. The summed E-state index contributed by atoms with van der Waals surface area (Å²) >= 11 is 1.57. The second-order valence-electron chi connectivity index (χ2n) is 6.53. The number of hydrogen-bond donors (Lipinski definition) is 2. The highest BCUT2D eigenvalue weighted by molar-refractivity contribution is 7.13. The summed E-state index contributed by atoms with van der Waals surface area (Å²) in [7, 11) is 2.16. The van der Waals surface area contributed by atoms with Gasteiger partial charge in [0.1, 0.15) is 10.8 Å². The molecular formula is C14H25N5S. The monoisotopic (exact) mass is 295 g/mol. The molecule has 0 saturated carbocycles. The first-order chi connectivity index (χ1) is 9.27. The molecule has 1 aromatic rings. The van der Waals surface area contributed by atoms with Crippen molar-refractivity contribution in [3.05, 3.63) is 15.6 Å². The van der Waals surface area contributed by atoms with Gasteiger partial charge in [-0.3, -0.25) is 10.3 Å². The predicted octanol–water partition coefficient (Wildman–Crippen LogP) is 1.47. The van der Waals surface area contributed by atoms with Crippen molar-refractivity contribution in [3.63, 3.8) is 0 Å². The molecule has 1 saturated heterocycles. The van der Waals surface area contributed by atoms with E-state index in [9.17, 15) is 0 Å². The molecule has 0 aliphatic carbocycles. The lowest BCUT2D eigenvalue weighted by Crippen LogP contribution is -2.43. The fourth-order valence-electron chi connectivity index (χ4n) is 2.32. The number of nitrogens with two attached hydrogens (primary N) is 1. The van der Waals surface area contributed by atoms with Gasteiger partial charge in [0.25, 0.3) is 0 Å². The fourth-order valence-corrected chi connectivity index (χ4v) is 3.50. The van der Waals surface area contributed by atoms with Crippen molar-refractivity contribution in [2.45, 2.75) is 32.7 Å². The zero-order valence-corrected chi connectivity index (χ0v) is 13.7. The number of nitrogen functional groups attached to an aromatic ring is 1. The quantitative estimate of drug-likeness (QED) is 0.654. The average molecular weight is 295 g/mol. The van der Waals surface area contributed by atoms with Gasteiger partial charge < -0.3 is 10.6 Å². The average Bonchev–Trinajstić information content (AvgIpc) is 2.76. The lowest BCUT2D eigenvalue weighted by molar-refractivity contribution is 0.148. The summed E-state index contributed by atoms with van der Waals surface area (Å²) in [5, 5.41) is 8.82. The molecule has 0 bridgehead atoms. The normalized spacial score (nSPS) is 18.4. The molecule has 20 heavy (non-hydrogen) atoms. The number of nitrogens with one attached hydrogen (secondary N) is 1. The zero-order valence-electron chi connectivity index (χ0n) is 12.9. The van der Waals surface area contributed by atoms with Crippen molar-refractivity contribution in [2.75, 3.05) is 33.2 Å². The Bertz CT molecular complexity index is 480. The maximum absolute atomic E-state index is 7.74. The zero-order chi connectivity index (χ0) is 14.9. The minimum absolute atomic E-state index is 0.0716. The topological polar surface area (TPSA) is 69.2 Å². The number of rotatable bonds is 3. The second kappa shape index (κ2) is 5.79. The van der Waals surface area contributed by atoms with Crippen LogP contribution in [0.1, 0.15) is 36.3 Å². The first kappa shape index (κ1) is 15.4. The highest BCUT2D eigenvalue weighted by Crippen LogP contribution is 2.30. The number of nitrogens with zero attached hydrogens (tertiary/aromatic N) is 3. The van der Waals surface area contributed by atoms with Gasteiger partial charge in [-0.05, 0) is 7.05 Å². The third-order valence-corrected chi connectivity index (χ3v) is 4.65. The molecule has 1 aliphatic heterocycles. The molecule has 0 radical (unpaired) electrons. The third-order valence-electron chi connectivity index (χ3n) is 3.58. The summed E-state index contributed by atoms with van der Waals surface area (Å²) < 4.78 is 0. The number of hydrogen-bond acceptors (Lipinski definition) is 5. The summed E-state index contributed by atoms with van der Waals surface area (Å²) in [6.07, 6.45) is 0. The number of aromatic nitrogens is 1. The molecule has 0 spiro atoms. The van der Waals surface area contributed by atoms with Gasteiger partial charge in [0, 0.05) is 31.6 Å². The van der Waals surface area contributed by atoms with Crippen LogP contribution in [0, 0.1) is 5.41 Å². The molecule has 2 rings (SSSR count). The number of piperazine rings is 1. The van der Waals surface area contributed by atoms with Crippen LogP contribution in [0.15, 0.2) is 0 Å². The molecule has 1 fully saturated rings. The Morgan fingerprint density at radius 1 is 1.30 bits per heavy atom. The smallest absolute Gasteiger partial charge is 0.135 e. The van der Waals surface area contributed by atoms with Gasteiger partial charge >= 0.3 is 0 Å². The van der Waals surface area contributed by atoms with Gasteiger partial charge in [-0.2, -0.15) is 0 Å². The van der Waals surface area contributed by atoms with Gasteiger partial charge in [-0.15, -0.1) is 11.3 Å². The minimum atomic E-state index is -0.0716. The molecule has 6 heteroatoms. The number of amidine groups is 1. The van der Waals surface area contributed by atoms with Crippen LogP contribution in [0.2, 0.25) is 0 Å². The van der Waals surface area contributed by atoms with Gasteiger partial charge in [-0.1, -0.05) is 20.8 Å². The molecule has 2 heterocycles. The van der Waals surface area contributed by atoms with Crippen molar-refractivity contribution >= 4 is 17.2 Å². The van der Waals surface area contributed by atoms with E-state index in [4.69, 9.17) is 16.1 Å². The molecule has 3 N–H and O–H groups in total. The van der Waals surface area contributed by atoms with E-state index in [1.807, 2.05) is 0 Å². The van der Waals surface area contributed by atoms with E-state index in [2.05, 4.69) is 37.6 Å². The van der Waals surface area contributed by atoms with E-state index in [-0.39, 0.29) is 11.3 Å². The van der Waals surface area contributed by atoms with Crippen LogP contribution in [0.5, 0.6) is 0 Å². The Balaban J connectivity index is 2.15. The van der Waals surface area contributed by atoms with Crippen LogP contribution in [0.4, 0.5) is 0 Å². The molecule has 0 amide bonds. The molecule has 112 valence electrons.